The summed E-state index contributed by atoms with van der Waals surface area (Å²) in [5, 5.41) is 2.84. The van der Waals surface area contributed by atoms with E-state index in [1.165, 1.54) is 0 Å². The van der Waals surface area contributed by atoms with Gasteiger partial charge in [-0.25, -0.2) is 0 Å². The molecule has 1 amide bonds. The molecule has 0 bridgehead atoms. The zero-order chi connectivity index (χ0) is 15.1. The smallest absolute Gasteiger partial charge is 0.243 e. The highest BCUT2D eigenvalue weighted by molar-refractivity contribution is 5.87. The lowest BCUT2D eigenvalue weighted by Gasteiger charge is -2.03. The molecule has 0 rings (SSSR count). The van der Waals surface area contributed by atoms with E-state index in [1.807, 2.05) is 6.08 Å². The maximum atomic E-state index is 11.4. The molecule has 0 aromatic carbocycles. The summed E-state index contributed by atoms with van der Waals surface area (Å²) in [6, 6.07) is 0. The molecule has 0 aliphatic heterocycles. The van der Waals surface area contributed by atoms with Gasteiger partial charge in [0, 0.05) is 12.6 Å². The molecule has 0 heterocycles. The molecular formula is C18H29NO. The van der Waals surface area contributed by atoms with Gasteiger partial charge in [0.2, 0.25) is 5.91 Å². The van der Waals surface area contributed by atoms with Crippen LogP contribution in [-0.2, 0) is 4.79 Å². The van der Waals surface area contributed by atoms with Crippen LogP contribution in [0.2, 0.25) is 0 Å². The number of amides is 1. The van der Waals surface area contributed by atoms with Crippen molar-refractivity contribution in [3.8, 4) is 0 Å². The molecule has 112 valence electrons. The molecular weight excluding hydrogens is 246 g/mol. The Labute approximate surface area is 124 Å². The fourth-order valence-electron chi connectivity index (χ4n) is 1.43. The Morgan fingerprint density at radius 1 is 1.00 bits per heavy atom. The second kappa shape index (κ2) is 13.9. The number of carbonyl (C=O) groups excluding carboxylic acids is 1. The normalized spacial score (nSPS) is 12.6. The average Bonchev–Trinajstić information content (AvgIpc) is 2.42. The van der Waals surface area contributed by atoms with E-state index in [0.29, 0.717) is 5.92 Å². The Kier molecular flexibility index (Phi) is 12.8. The molecule has 0 saturated carbocycles. The van der Waals surface area contributed by atoms with Gasteiger partial charge in [-0.15, -0.1) is 0 Å². The number of allylic oxidation sites excluding steroid dienone is 7. The maximum absolute atomic E-state index is 11.4. The largest absolute Gasteiger partial charge is 0.352 e. The SMILES string of the molecule is CC/C=C/C/C=C/CC/C=C/C=C/C(=O)NCC(C)C. The van der Waals surface area contributed by atoms with Crippen LogP contribution in [0.5, 0.6) is 0 Å². The van der Waals surface area contributed by atoms with Gasteiger partial charge in [0.05, 0.1) is 0 Å². The molecule has 2 heteroatoms. The highest BCUT2D eigenvalue weighted by Gasteiger charge is 1.95. The van der Waals surface area contributed by atoms with E-state index in [1.54, 1.807) is 12.2 Å². The van der Waals surface area contributed by atoms with Crippen LogP contribution in [0.4, 0.5) is 0 Å². The molecule has 0 unspecified atom stereocenters. The number of rotatable bonds is 10. The van der Waals surface area contributed by atoms with Crippen molar-refractivity contribution in [1.29, 1.82) is 0 Å². The quantitative estimate of drug-likeness (QED) is 0.269. The van der Waals surface area contributed by atoms with E-state index in [-0.39, 0.29) is 5.91 Å². The monoisotopic (exact) mass is 275 g/mol. The lowest BCUT2D eigenvalue weighted by atomic mass is 10.2. The van der Waals surface area contributed by atoms with Crippen molar-refractivity contribution in [2.24, 2.45) is 5.92 Å². The molecule has 1 N–H and O–H groups in total. The minimum Gasteiger partial charge on any atom is -0.352 e. The van der Waals surface area contributed by atoms with Crippen LogP contribution < -0.4 is 5.32 Å². The summed E-state index contributed by atoms with van der Waals surface area (Å²) in [5.74, 6) is 0.466. The number of unbranched alkanes of at least 4 members (excludes halogenated alkanes) is 1. The summed E-state index contributed by atoms with van der Waals surface area (Å²) in [7, 11) is 0. The molecule has 0 atom stereocenters. The first-order chi connectivity index (χ1) is 9.66. The third-order valence-electron chi connectivity index (χ3n) is 2.52. The fourth-order valence-corrected chi connectivity index (χ4v) is 1.43. The molecule has 0 aromatic rings. The molecule has 0 aromatic heterocycles. The molecule has 0 aliphatic rings. The maximum Gasteiger partial charge on any atom is 0.243 e. The van der Waals surface area contributed by atoms with Crippen LogP contribution in [0, 0.1) is 5.92 Å². The second-order valence-corrected chi connectivity index (χ2v) is 5.09. The van der Waals surface area contributed by atoms with Gasteiger partial charge >= 0.3 is 0 Å². The van der Waals surface area contributed by atoms with Crippen LogP contribution >= 0.6 is 0 Å². The van der Waals surface area contributed by atoms with Gasteiger partial charge in [0.15, 0.2) is 0 Å². The summed E-state index contributed by atoms with van der Waals surface area (Å²) in [4.78, 5) is 11.4. The first-order valence-corrected chi connectivity index (χ1v) is 7.57. The highest BCUT2D eigenvalue weighted by Crippen LogP contribution is 1.96. The summed E-state index contributed by atoms with van der Waals surface area (Å²) in [5.41, 5.74) is 0. The number of hydrogen-bond acceptors (Lipinski definition) is 1. The summed E-state index contributed by atoms with van der Waals surface area (Å²) >= 11 is 0. The van der Waals surface area contributed by atoms with Gasteiger partial charge in [-0.1, -0.05) is 63.3 Å². The van der Waals surface area contributed by atoms with E-state index >= 15 is 0 Å². The Morgan fingerprint density at radius 3 is 2.40 bits per heavy atom. The van der Waals surface area contributed by atoms with Gasteiger partial charge < -0.3 is 5.32 Å². The van der Waals surface area contributed by atoms with E-state index in [9.17, 15) is 4.79 Å². The van der Waals surface area contributed by atoms with E-state index in [4.69, 9.17) is 0 Å². The van der Waals surface area contributed by atoms with E-state index in [0.717, 1.165) is 32.2 Å². The van der Waals surface area contributed by atoms with Crippen molar-refractivity contribution in [2.45, 2.75) is 46.5 Å². The number of nitrogens with one attached hydrogen (secondary N) is 1. The van der Waals surface area contributed by atoms with Crippen molar-refractivity contribution in [2.75, 3.05) is 6.54 Å². The first kappa shape index (κ1) is 18.4. The first-order valence-electron chi connectivity index (χ1n) is 7.57. The van der Waals surface area contributed by atoms with E-state index < -0.39 is 0 Å². The van der Waals surface area contributed by atoms with Crippen molar-refractivity contribution in [3.05, 3.63) is 48.6 Å². The van der Waals surface area contributed by atoms with Gasteiger partial charge in [-0.2, -0.15) is 0 Å². The Hall–Kier alpha value is -1.57. The second-order valence-electron chi connectivity index (χ2n) is 5.09. The number of hydrogen-bond donors (Lipinski definition) is 1. The minimum absolute atomic E-state index is 0.0223. The summed E-state index contributed by atoms with van der Waals surface area (Å²) < 4.78 is 0. The predicted octanol–water partition coefficient (Wildman–Crippen LogP) is 4.56. The molecule has 0 saturated heterocycles. The summed E-state index contributed by atoms with van der Waals surface area (Å²) in [6.45, 7) is 7.02. The van der Waals surface area contributed by atoms with Gasteiger partial charge in [-0.3, -0.25) is 4.79 Å². The van der Waals surface area contributed by atoms with Gasteiger partial charge in [0.1, 0.15) is 0 Å². The number of carbonyl (C=O) groups is 1. The summed E-state index contributed by atoms with van der Waals surface area (Å²) in [6.07, 6.45) is 20.3. The average molecular weight is 275 g/mol. The highest BCUT2D eigenvalue weighted by atomic mass is 16.1. The van der Waals surface area contributed by atoms with Crippen LogP contribution in [-0.4, -0.2) is 12.5 Å². The Balaban J connectivity index is 3.60. The van der Waals surface area contributed by atoms with E-state index in [2.05, 4.69) is 56.5 Å². The molecule has 2 nitrogen and oxygen atoms in total. The molecule has 0 spiro atoms. The third-order valence-corrected chi connectivity index (χ3v) is 2.52. The lowest BCUT2D eigenvalue weighted by molar-refractivity contribution is -0.116. The van der Waals surface area contributed by atoms with Crippen molar-refractivity contribution in [3.63, 3.8) is 0 Å². The lowest BCUT2D eigenvalue weighted by Crippen LogP contribution is -2.25. The van der Waals surface area contributed by atoms with Crippen LogP contribution in [0.3, 0.4) is 0 Å². The van der Waals surface area contributed by atoms with Crippen LogP contribution in [0.1, 0.15) is 46.5 Å². The molecule has 20 heavy (non-hydrogen) atoms. The predicted molar refractivity (Wildman–Crippen MR) is 88.5 cm³/mol. The van der Waals surface area contributed by atoms with Crippen LogP contribution in [0.25, 0.3) is 0 Å². The van der Waals surface area contributed by atoms with Crippen molar-refractivity contribution in [1.82, 2.24) is 5.32 Å². The van der Waals surface area contributed by atoms with Crippen LogP contribution in [0.15, 0.2) is 48.6 Å². The Morgan fingerprint density at radius 2 is 1.70 bits per heavy atom. The topological polar surface area (TPSA) is 29.1 Å². The molecule has 0 aliphatic carbocycles. The van der Waals surface area contributed by atoms with Crippen molar-refractivity contribution < 1.29 is 4.79 Å². The zero-order valence-corrected chi connectivity index (χ0v) is 13.1. The Bertz CT molecular complexity index is 348. The third kappa shape index (κ3) is 14.5. The molecule has 0 radical (unpaired) electrons. The van der Waals surface area contributed by atoms with Gasteiger partial charge in [0.25, 0.3) is 0 Å². The minimum atomic E-state index is -0.0223. The van der Waals surface area contributed by atoms with Gasteiger partial charge in [-0.05, 0) is 31.6 Å². The zero-order valence-electron chi connectivity index (χ0n) is 13.1. The molecule has 0 fully saturated rings. The van der Waals surface area contributed by atoms with Crippen molar-refractivity contribution >= 4 is 5.91 Å². The standard InChI is InChI=1S/C18H29NO/c1-4-5-6-7-8-9-10-11-12-13-14-15-18(20)19-16-17(2)3/h5-6,8-9,12-15,17H,4,7,10-11,16H2,1-3H3,(H,19,20)/b6-5+,9-8+,13-12+,15-14+. The fraction of sp³-hybridized carbons (Fsp3) is 0.500.